The molecule has 1 spiro atoms. The molecule has 0 aliphatic heterocycles. The molecule has 1 aromatic carbocycles. The van der Waals surface area contributed by atoms with Gasteiger partial charge in [-0.1, -0.05) is 6.07 Å². The van der Waals surface area contributed by atoms with Crippen molar-refractivity contribution < 1.29 is 5.11 Å². The highest BCUT2D eigenvalue weighted by molar-refractivity contribution is 6.22. The molecule has 2 aliphatic carbocycles. The first kappa shape index (κ1) is 9.53. The molecule has 0 heterocycles. The summed E-state index contributed by atoms with van der Waals surface area (Å²) >= 11 is 6.38. The molecule has 2 unspecified atom stereocenters. The predicted octanol–water partition coefficient (Wildman–Crippen LogP) is 3.37. The van der Waals surface area contributed by atoms with E-state index in [9.17, 15) is 5.11 Å². The van der Waals surface area contributed by atoms with Gasteiger partial charge < -0.3 is 5.11 Å². The lowest BCUT2D eigenvalue weighted by Gasteiger charge is -2.50. The topological polar surface area (TPSA) is 20.2 Å². The molecule has 80 valence electrons. The van der Waals surface area contributed by atoms with E-state index in [1.165, 1.54) is 30.4 Å². The molecule has 0 radical (unpaired) electrons. The van der Waals surface area contributed by atoms with Crippen LogP contribution in [0.15, 0.2) is 18.2 Å². The highest BCUT2D eigenvalue weighted by Gasteiger charge is 2.48. The highest BCUT2D eigenvalue weighted by atomic mass is 35.5. The number of fused-ring (bicyclic) bond motifs is 2. The third kappa shape index (κ3) is 1.22. The summed E-state index contributed by atoms with van der Waals surface area (Å²) in [4.78, 5) is 0. The minimum atomic E-state index is 0.188. The SMILES string of the molecule is Oc1ccc2c(c1)C1(CCC2)CCC1Cl. The Morgan fingerprint density at radius 3 is 2.87 bits per heavy atom. The smallest absolute Gasteiger partial charge is 0.115 e. The maximum absolute atomic E-state index is 9.58. The van der Waals surface area contributed by atoms with Gasteiger partial charge in [0.15, 0.2) is 0 Å². The first-order valence-electron chi connectivity index (χ1n) is 5.69. The van der Waals surface area contributed by atoms with Crippen LogP contribution in [-0.2, 0) is 11.8 Å². The lowest BCUT2D eigenvalue weighted by Crippen LogP contribution is -2.47. The molecule has 3 rings (SSSR count). The molecule has 0 aromatic heterocycles. The zero-order valence-corrected chi connectivity index (χ0v) is 9.43. The first-order valence-corrected chi connectivity index (χ1v) is 6.12. The van der Waals surface area contributed by atoms with Gasteiger partial charge in [0.2, 0.25) is 0 Å². The molecule has 1 aromatic rings. The van der Waals surface area contributed by atoms with E-state index in [2.05, 4.69) is 6.07 Å². The van der Waals surface area contributed by atoms with Crippen molar-refractivity contribution in [1.29, 1.82) is 0 Å². The van der Waals surface area contributed by atoms with Gasteiger partial charge in [-0.25, -0.2) is 0 Å². The van der Waals surface area contributed by atoms with Crippen molar-refractivity contribution in [2.75, 3.05) is 0 Å². The fraction of sp³-hybridized carbons (Fsp3) is 0.538. The summed E-state index contributed by atoms with van der Waals surface area (Å²) in [6.07, 6.45) is 5.88. The van der Waals surface area contributed by atoms with Gasteiger partial charge in [0.05, 0.1) is 0 Å². The minimum Gasteiger partial charge on any atom is -0.508 e. The molecule has 1 nitrogen and oxygen atoms in total. The molecule has 1 fully saturated rings. The quantitative estimate of drug-likeness (QED) is 0.668. The second-order valence-corrected chi connectivity index (χ2v) is 5.38. The fourth-order valence-electron chi connectivity index (χ4n) is 3.16. The number of hydrogen-bond acceptors (Lipinski definition) is 1. The van der Waals surface area contributed by atoms with E-state index >= 15 is 0 Å². The molecule has 0 bridgehead atoms. The molecular formula is C13H15ClO. The average Bonchev–Trinajstić information content (AvgIpc) is 2.26. The monoisotopic (exact) mass is 222 g/mol. The van der Waals surface area contributed by atoms with Crippen molar-refractivity contribution in [2.24, 2.45) is 0 Å². The van der Waals surface area contributed by atoms with Gasteiger partial charge in [0.1, 0.15) is 5.75 Å². The number of halogens is 1. The lowest BCUT2D eigenvalue weighted by atomic mass is 9.58. The summed E-state index contributed by atoms with van der Waals surface area (Å²) in [5.74, 6) is 0.380. The number of hydrogen-bond donors (Lipinski definition) is 1. The van der Waals surface area contributed by atoms with Crippen LogP contribution >= 0.6 is 11.6 Å². The van der Waals surface area contributed by atoms with Crippen molar-refractivity contribution in [3.05, 3.63) is 29.3 Å². The lowest BCUT2D eigenvalue weighted by molar-refractivity contribution is 0.216. The third-order valence-corrected chi connectivity index (χ3v) is 4.78. The number of alkyl halides is 1. The van der Waals surface area contributed by atoms with Crippen LogP contribution < -0.4 is 0 Å². The number of phenolic OH excluding ortho intramolecular Hbond substituents is 1. The van der Waals surface area contributed by atoms with Crippen LogP contribution in [0.25, 0.3) is 0 Å². The average molecular weight is 223 g/mol. The second-order valence-electron chi connectivity index (χ2n) is 4.86. The molecule has 1 N–H and O–H groups in total. The largest absolute Gasteiger partial charge is 0.508 e. The molecule has 1 saturated carbocycles. The van der Waals surface area contributed by atoms with Crippen LogP contribution in [0.3, 0.4) is 0 Å². The number of phenols is 1. The van der Waals surface area contributed by atoms with Gasteiger partial charge >= 0.3 is 0 Å². The van der Waals surface area contributed by atoms with Crippen LogP contribution in [-0.4, -0.2) is 10.5 Å². The zero-order valence-electron chi connectivity index (χ0n) is 8.67. The van der Waals surface area contributed by atoms with Crippen molar-refractivity contribution >= 4 is 11.6 Å². The van der Waals surface area contributed by atoms with Crippen molar-refractivity contribution in [3.63, 3.8) is 0 Å². The summed E-state index contributed by atoms with van der Waals surface area (Å²) in [6.45, 7) is 0. The normalized spacial score (nSPS) is 33.5. The highest BCUT2D eigenvalue weighted by Crippen LogP contribution is 2.54. The van der Waals surface area contributed by atoms with Crippen LogP contribution in [0.2, 0.25) is 0 Å². The predicted molar refractivity (Wildman–Crippen MR) is 61.6 cm³/mol. The van der Waals surface area contributed by atoms with Gasteiger partial charge in [-0.2, -0.15) is 0 Å². The van der Waals surface area contributed by atoms with E-state index in [-0.39, 0.29) is 10.8 Å². The van der Waals surface area contributed by atoms with Gasteiger partial charge in [-0.05, 0) is 55.4 Å². The van der Waals surface area contributed by atoms with E-state index in [0.29, 0.717) is 5.75 Å². The molecule has 0 saturated heterocycles. The summed E-state index contributed by atoms with van der Waals surface area (Å²) < 4.78 is 0. The Bertz CT molecular complexity index is 402. The van der Waals surface area contributed by atoms with Crippen LogP contribution in [0.1, 0.15) is 36.8 Å². The van der Waals surface area contributed by atoms with Crippen molar-refractivity contribution in [2.45, 2.75) is 42.9 Å². The van der Waals surface area contributed by atoms with Crippen molar-refractivity contribution in [3.8, 4) is 5.75 Å². The molecule has 15 heavy (non-hydrogen) atoms. The van der Waals surface area contributed by atoms with Crippen LogP contribution in [0.5, 0.6) is 5.75 Å². The van der Waals surface area contributed by atoms with E-state index in [1.807, 2.05) is 6.07 Å². The molecule has 0 amide bonds. The maximum atomic E-state index is 9.58. The summed E-state index contributed by atoms with van der Waals surface area (Å²) in [5, 5.41) is 9.86. The van der Waals surface area contributed by atoms with Gasteiger partial charge in [-0.15, -0.1) is 11.6 Å². The summed E-state index contributed by atoms with van der Waals surface area (Å²) in [7, 11) is 0. The Labute approximate surface area is 95.1 Å². The third-order valence-electron chi connectivity index (χ3n) is 4.14. The minimum absolute atomic E-state index is 0.188. The number of aromatic hydroxyl groups is 1. The molecule has 2 heteroatoms. The van der Waals surface area contributed by atoms with Crippen molar-refractivity contribution in [1.82, 2.24) is 0 Å². The Balaban J connectivity index is 2.13. The van der Waals surface area contributed by atoms with Crippen LogP contribution in [0, 0.1) is 0 Å². The maximum Gasteiger partial charge on any atom is 0.115 e. The molecule has 2 aliphatic rings. The van der Waals surface area contributed by atoms with E-state index < -0.39 is 0 Å². The first-order chi connectivity index (χ1) is 7.22. The number of aryl methyl sites for hydroxylation is 1. The zero-order chi connectivity index (χ0) is 10.5. The van der Waals surface area contributed by atoms with E-state index in [0.717, 1.165) is 12.8 Å². The van der Waals surface area contributed by atoms with E-state index in [4.69, 9.17) is 11.6 Å². The summed E-state index contributed by atoms with van der Waals surface area (Å²) in [6, 6.07) is 5.79. The Morgan fingerprint density at radius 2 is 2.20 bits per heavy atom. The number of benzene rings is 1. The second kappa shape index (κ2) is 3.15. The van der Waals surface area contributed by atoms with Crippen LogP contribution in [0.4, 0.5) is 0 Å². The van der Waals surface area contributed by atoms with E-state index in [1.54, 1.807) is 6.07 Å². The van der Waals surface area contributed by atoms with Gasteiger partial charge in [0, 0.05) is 10.8 Å². The Kier molecular flexibility index (Phi) is 2.00. The number of rotatable bonds is 0. The Hall–Kier alpha value is -0.690. The summed E-state index contributed by atoms with van der Waals surface area (Å²) in [5.41, 5.74) is 2.90. The van der Waals surface area contributed by atoms with Gasteiger partial charge in [-0.3, -0.25) is 0 Å². The van der Waals surface area contributed by atoms with Gasteiger partial charge in [0.25, 0.3) is 0 Å². The molecule has 2 atom stereocenters. The Morgan fingerprint density at radius 1 is 1.33 bits per heavy atom. The standard InChI is InChI=1S/C13H15ClO/c14-12-5-7-13(12)6-1-2-9-3-4-10(15)8-11(9)13/h3-4,8,12,15H,1-2,5-7H2. The fourth-order valence-corrected chi connectivity index (χ4v) is 3.61. The molecular weight excluding hydrogens is 208 g/mol.